The Morgan fingerprint density at radius 1 is 0.808 bits per heavy atom. The van der Waals surface area contributed by atoms with Gasteiger partial charge in [-0.15, -0.1) is 0 Å². The van der Waals surface area contributed by atoms with Gasteiger partial charge in [0, 0.05) is 17.1 Å². The number of pyridine rings is 1. The van der Waals surface area contributed by atoms with Crippen LogP contribution in [0.3, 0.4) is 0 Å². The molecule has 126 valence electrons. The van der Waals surface area contributed by atoms with Gasteiger partial charge in [-0.3, -0.25) is 9.78 Å². The summed E-state index contributed by atoms with van der Waals surface area (Å²) in [4.78, 5) is 17.0. The molecule has 0 aliphatic carbocycles. The molecule has 1 aromatic heterocycles. The summed E-state index contributed by atoms with van der Waals surface area (Å²) in [7, 11) is 0. The van der Waals surface area contributed by atoms with Crippen LogP contribution in [0.25, 0.3) is 22.0 Å². The van der Waals surface area contributed by atoms with E-state index in [2.05, 4.69) is 10.3 Å². The van der Waals surface area contributed by atoms with Gasteiger partial charge in [-0.1, -0.05) is 54.1 Å². The molecule has 0 bridgehead atoms. The van der Waals surface area contributed by atoms with E-state index in [-0.39, 0.29) is 5.91 Å². The van der Waals surface area contributed by atoms with Crippen molar-refractivity contribution in [2.75, 3.05) is 5.32 Å². The maximum atomic E-state index is 12.6. The third-order valence-electron chi connectivity index (χ3n) is 4.22. The van der Waals surface area contributed by atoms with E-state index in [1.54, 1.807) is 18.3 Å². The third kappa shape index (κ3) is 3.17. The van der Waals surface area contributed by atoms with E-state index in [9.17, 15) is 4.79 Å². The number of aromatic nitrogens is 1. The Hall–Kier alpha value is -3.17. The van der Waals surface area contributed by atoms with Crippen LogP contribution in [0.2, 0.25) is 5.02 Å². The van der Waals surface area contributed by atoms with E-state index < -0.39 is 0 Å². The van der Waals surface area contributed by atoms with Gasteiger partial charge in [0.05, 0.1) is 16.2 Å². The first-order chi connectivity index (χ1) is 12.7. The monoisotopic (exact) mass is 358 g/mol. The fourth-order valence-electron chi connectivity index (χ4n) is 2.88. The fraction of sp³-hybridized carbons (Fsp3) is 0. The van der Waals surface area contributed by atoms with E-state index >= 15 is 0 Å². The first-order valence-electron chi connectivity index (χ1n) is 8.22. The van der Waals surface area contributed by atoms with Crippen molar-refractivity contribution < 1.29 is 4.79 Å². The van der Waals surface area contributed by atoms with Crippen LogP contribution < -0.4 is 5.32 Å². The molecule has 3 nitrogen and oxygen atoms in total. The molecule has 0 spiro atoms. The summed E-state index contributed by atoms with van der Waals surface area (Å²) in [6.45, 7) is 0. The zero-order chi connectivity index (χ0) is 17.9. The fourth-order valence-corrected chi connectivity index (χ4v) is 3.09. The van der Waals surface area contributed by atoms with Crippen molar-refractivity contribution in [2.45, 2.75) is 0 Å². The summed E-state index contributed by atoms with van der Waals surface area (Å²) in [6, 6.07) is 24.8. The molecule has 4 aromatic rings. The number of rotatable bonds is 3. The van der Waals surface area contributed by atoms with Crippen molar-refractivity contribution in [3.05, 3.63) is 95.6 Å². The van der Waals surface area contributed by atoms with Crippen molar-refractivity contribution >= 4 is 34.1 Å². The molecule has 0 fully saturated rings. The molecule has 0 radical (unpaired) electrons. The normalized spacial score (nSPS) is 10.7. The Morgan fingerprint density at radius 2 is 1.54 bits per heavy atom. The minimum atomic E-state index is -0.182. The largest absolute Gasteiger partial charge is 0.320 e. The van der Waals surface area contributed by atoms with Crippen molar-refractivity contribution in [1.82, 2.24) is 4.98 Å². The maximum Gasteiger partial charge on any atom is 0.255 e. The van der Waals surface area contributed by atoms with Gasteiger partial charge >= 0.3 is 0 Å². The molecule has 4 heteroatoms. The van der Waals surface area contributed by atoms with Crippen LogP contribution in [0.15, 0.2) is 85.1 Å². The number of amides is 1. The van der Waals surface area contributed by atoms with Gasteiger partial charge in [0.2, 0.25) is 0 Å². The highest BCUT2D eigenvalue weighted by Crippen LogP contribution is 2.28. The second-order valence-corrected chi connectivity index (χ2v) is 6.30. The van der Waals surface area contributed by atoms with Gasteiger partial charge in [0.1, 0.15) is 0 Å². The Bertz CT molecular complexity index is 1080. The molecule has 1 amide bonds. The number of nitrogens with one attached hydrogen (secondary N) is 1. The number of carbonyl (C=O) groups excluding carboxylic acids is 1. The zero-order valence-corrected chi connectivity index (χ0v) is 14.6. The smallest absolute Gasteiger partial charge is 0.255 e. The van der Waals surface area contributed by atoms with Crippen LogP contribution in [-0.2, 0) is 0 Å². The first-order valence-corrected chi connectivity index (χ1v) is 8.60. The van der Waals surface area contributed by atoms with Gasteiger partial charge in [0.15, 0.2) is 0 Å². The SMILES string of the molecule is O=C(Nc1ccc(Cl)c2cccnc12)c1ccc(-c2ccccc2)cc1. The van der Waals surface area contributed by atoms with Crippen molar-refractivity contribution in [3.8, 4) is 11.1 Å². The Balaban J connectivity index is 1.60. The average molecular weight is 359 g/mol. The Labute approximate surface area is 156 Å². The van der Waals surface area contributed by atoms with Gasteiger partial charge in [-0.05, 0) is 47.5 Å². The number of carbonyl (C=O) groups is 1. The van der Waals surface area contributed by atoms with Crippen molar-refractivity contribution in [1.29, 1.82) is 0 Å². The molecule has 0 atom stereocenters. The molecule has 0 aliphatic rings. The van der Waals surface area contributed by atoms with Crippen LogP contribution in [0, 0.1) is 0 Å². The van der Waals surface area contributed by atoms with E-state index in [0.717, 1.165) is 16.5 Å². The number of hydrogen-bond donors (Lipinski definition) is 1. The molecule has 4 rings (SSSR count). The van der Waals surface area contributed by atoms with Crippen LogP contribution in [0.1, 0.15) is 10.4 Å². The molecule has 1 heterocycles. The minimum absolute atomic E-state index is 0.182. The number of anilines is 1. The number of nitrogens with zero attached hydrogens (tertiary/aromatic N) is 1. The molecule has 0 saturated heterocycles. The second-order valence-electron chi connectivity index (χ2n) is 5.89. The highest BCUT2D eigenvalue weighted by Gasteiger charge is 2.11. The predicted molar refractivity (Wildman–Crippen MR) is 107 cm³/mol. The average Bonchev–Trinajstić information content (AvgIpc) is 2.71. The summed E-state index contributed by atoms with van der Waals surface area (Å²) in [5, 5.41) is 4.35. The highest BCUT2D eigenvalue weighted by atomic mass is 35.5. The summed E-state index contributed by atoms with van der Waals surface area (Å²) in [5.74, 6) is -0.182. The number of hydrogen-bond acceptors (Lipinski definition) is 2. The highest BCUT2D eigenvalue weighted by molar-refractivity contribution is 6.36. The standard InChI is InChI=1S/C22H15ClN2O/c23-19-12-13-20(21-18(19)7-4-14-24-21)25-22(26)17-10-8-16(9-11-17)15-5-2-1-3-6-15/h1-14H,(H,25,26). The minimum Gasteiger partial charge on any atom is -0.320 e. The molecular formula is C22H15ClN2O. The molecule has 3 aromatic carbocycles. The quantitative estimate of drug-likeness (QED) is 0.502. The van der Waals surface area contributed by atoms with E-state index in [1.165, 1.54) is 0 Å². The zero-order valence-electron chi connectivity index (χ0n) is 13.8. The molecule has 26 heavy (non-hydrogen) atoms. The van der Waals surface area contributed by atoms with Crippen LogP contribution in [-0.4, -0.2) is 10.9 Å². The van der Waals surface area contributed by atoms with Gasteiger partial charge in [0.25, 0.3) is 5.91 Å². The lowest BCUT2D eigenvalue weighted by Gasteiger charge is -2.09. The lowest BCUT2D eigenvalue weighted by atomic mass is 10.0. The third-order valence-corrected chi connectivity index (χ3v) is 4.55. The number of fused-ring (bicyclic) bond motifs is 1. The molecule has 0 saturated carbocycles. The van der Waals surface area contributed by atoms with Gasteiger partial charge in [-0.25, -0.2) is 0 Å². The van der Waals surface area contributed by atoms with E-state index in [1.807, 2.05) is 66.7 Å². The second kappa shape index (κ2) is 6.98. The van der Waals surface area contributed by atoms with E-state index in [0.29, 0.717) is 21.8 Å². The number of halogens is 1. The topological polar surface area (TPSA) is 42.0 Å². The summed E-state index contributed by atoms with van der Waals surface area (Å²) >= 11 is 6.21. The maximum absolute atomic E-state index is 12.6. The van der Waals surface area contributed by atoms with Crippen molar-refractivity contribution in [2.24, 2.45) is 0 Å². The molecule has 1 N–H and O–H groups in total. The van der Waals surface area contributed by atoms with Gasteiger partial charge in [-0.2, -0.15) is 0 Å². The Morgan fingerprint density at radius 3 is 2.31 bits per heavy atom. The molecule has 0 unspecified atom stereocenters. The Kier molecular flexibility index (Phi) is 4.38. The van der Waals surface area contributed by atoms with Crippen molar-refractivity contribution in [3.63, 3.8) is 0 Å². The summed E-state index contributed by atoms with van der Waals surface area (Å²) in [6.07, 6.45) is 1.68. The van der Waals surface area contributed by atoms with Crippen LogP contribution in [0.5, 0.6) is 0 Å². The lowest BCUT2D eigenvalue weighted by molar-refractivity contribution is 0.102. The molecule has 0 aliphatic heterocycles. The summed E-state index contributed by atoms with van der Waals surface area (Å²) in [5.41, 5.74) is 4.09. The molecular weight excluding hydrogens is 344 g/mol. The van der Waals surface area contributed by atoms with Crippen LogP contribution >= 0.6 is 11.6 Å². The lowest BCUT2D eigenvalue weighted by Crippen LogP contribution is -2.12. The summed E-state index contributed by atoms with van der Waals surface area (Å²) < 4.78 is 0. The number of benzene rings is 3. The van der Waals surface area contributed by atoms with Gasteiger partial charge < -0.3 is 5.32 Å². The first kappa shape index (κ1) is 16.3. The van der Waals surface area contributed by atoms with Crippen LogP contribution in [0.4, 0.5) is 5.69 Å². The predicted octanol–water partition coefficient (Wildman–Crippen LogP) is 5.81. The van der Waals surface area contributed by atoms with E-state index in [4.69, 9.17) is 11.6 Å².